The van der Waals surface area contributed by atoms with Crippen LogP contribution in [0.15, 0.2) is 42.5 Å². The number of methoxy groups -OCH3 is 1. The second kappa shape index (κ2) is 7.58. The number of hydrogen-bond acceptors (Lipinski definition) is 7. The highest BCUT2D eigenvalue weighted by Crippen LogP contribution is 2.48. The van der Waals surface area contributed by atoms with Gasteiger partial charge in [-0.15, -0.1) is 22.7 Å². The second-order valence-electron chi connectivity index (χ2n) is 7.99. The van der Waals surface area contributed by atoms with Crippen molar-refractivity contribution >= 4 is 64.6 Å². The van der Waals surface area contributed by atoms with Gasteiger partial charge in [0.05, 0.1) is 22.0 Å². The first-order chi connectivity index (χ1) is 15.2. The quantitative estimate of drug-likeness (QED) is 0.299. The van der Waals surface area contributed by atoms with Gasteiger partial charge in [-0.25, -0.2) is 9.97 Å². The molecule has 4 nitrogen and oxygen atoms in total. The van der Waals surface area contributed by atoms with Gasteiger partial charge in [0, 0.05) is 10.4 Å². The molecule has 5 aromatic rings. The predicted octanol–water partition coefficient (Wildman–Crippen LogP) is 7.51. The lowest BCUT2D eigenvalue weighted by Gasteiger charge is -2.18. The van der Waals surface area contributed by atoms with Crippen molar-refractivity contribution in [3.05, 3.63) is 52.9 Å². The molecule has 3 heterocycles. The minimum atomic E-state index is 0.730. The zero-order valence-corrected chi connectivity index (χ0v) is 19.7. The van der Waals surface area contributed by atoms with Crippen LogP contribution < -0.4 is 10.1 Å². The number of benzene rings is 2. The number of thiazole rings is 2. The third kappa shape index (κ3) is 3.32. The van der Waals surface area contributed by atoms with Gasteiger partial charge in [0.15, 0.2) is 5.13 Å². The van der Waals surface area contributed by atoms with E-state index in [1.807, 2.05) is 23.5 Å². The van der Waals surface area contributed by atoms with Crippen molar-refractivity contribution in [3.63, 3.8) is 0 Å². The number of thiophene rings is 1. The zero-order chi connectivity index (χ0) is 20.9. The van der Waals surface area contributed by atoms with Gasteiger partial charge >= 0.3 is 0 Å². The predicted molar refractivity (Wildman–Crippen MR) is 134 cm³/mol. The Morgan fingerprint density at radius 3 is 2.74 bits per heavy atom. The van der Waals surface area contributed by atoms with E-state index in [-0.39, 0.29) is 0 Å². The van der Waals surface area contributed by atoms with Crippen LogP contribution in [0.3, 0.4) is 0 Å². The van der Waals surface area contributed by atoms with E-state index in [9.17, 15) is 0 Å². The van der Waals surface area contributed by atoms with Crippen molar-refractivity contribution in [2.45, 2.75) is 26.2 Å². The van der Waals surface area contributed by atoms with E-state index in [4.69, 9.17) is 14.7 Å². The minimum absolute atomic E-state index is 0.730. The number of hydrogen-bond donors (Lipinski definition) is 1. The van der Waals surface area contributed by atoms with E-state index in [0.717, 1.165) is 55.4 Å². The van der Waals surface area contributed by atoms with Crippen molar-refractivity contribution in [1.29, 1.82) is 0 Å². The Morgan fingerprint density at radius 1 is 1.00 bits per heavy atom. The van der Waals surface area contributed by atoms with Crippen LogP contribution in [0.1, 0.15) is 23.8 Å². The smallest absolute Gasteiger partial charge is 0.189 e. The Bertz CT molecular complexity index is 1380. The van der Waals surface area contributed by atoms with Crippen LogP contribution in [0.2, 0.25) is 0 Å². The van der Waals surface area contributed by atoms with Crippen molar-refractivity contribution < 1.29 is 4.74 Å². The lowest BCUT2D eigenvalue weighted by Crippen LogP contribution is -2.09. The normalized spacial score (nSPS) is 16.0. The second-order valence-corrected chi connectivity index (χ2v) is 11.2. The van der Waals surface area contributed by atoms with Gasteiger partial charge in [0.1, 0.15) is 21.3 Å². The van der Waals surface area contributed by atoms with Crippen LogP contribution in [0.5, 0.6) is 5.75 Å². The van der Waals surface area contributed by atoms with Gasteiger partial charge in [-0.3, -0.25) is 0 Å². The molecule has 0 spiro atoms. The van der Waals surface area contributed by atoms with Crippen molar-refractivity contribution in [3.8, 4) is 16.3 Å². The third-order valence-corrected chi connectivity index (χ3v) is 9.00. The average molecular weight is 464 g/mol. The van der Waals surface area contributed by atoms with E-state index in [1.54, 1.807) is 29.8 Å². The lowest BCUT2D eigenvalue weighted by atomic mass is 9.88. The number of rotatable bonds is 4. The molecule has 2 aromatic carbocycles. The Hall–Kier alpha value is -2.48. The molecule has 156 valence electrons. The molecule has 0 fully saturated rings. The molecule has 0 bridgehead atoms. The molecule has 7 heteroatoms. The van der Waals surface area contributed by atoms with Crippen molar-refractivity contribution in [2.75, 3.05) is 12.4 Å². The van der Waals surface area contributed by atoms with Gasteiger partial charge in [0.25, 0.3) is 0 Å². The first-order valence-electron chi connectivity index (χ1n) is 10.4. The molecule has 1 atom stereocenters. The first-order valence-corrected chi connectivity index (χ1v) is 12.9. The highest BCUT2D eigenvalue weighted by atomic mass is 32.1. The number of ether oxygens (including phenoxy) is 1. The molecule has 1 aliphatic carbocycles. The summed E-state index contributed by atoms with van der Waals surface area (Å²) in [7, 11) is 1.70. The Morgan fingerprint density at radius 2 is 1.87 bits per heavy atom. The molecule has 1 N–H and O–H groups in total. The maximum Gasteiger partial charge on any atom is 0.189 e. The maximum absolute atomic E-state index is 5.51. The van der Waals surface area contributed by atoms with E-state index in [0.29, 0.717) is 0 Å². The summed E-state index contributed by atoms with van der Waals surface area (Å²) in [5, 5.41) is 6.83. The summed E-state index contributed by atoms with van der Waals surface area (Å²) in [6, 6.07) is 14.5. The number of nitrogens with zero attached hydrogens (tertiary/aromatic N) is 2. The Labute approximate surface area is 192 Å². The molecule has 31 heavy (non-hydrogen) atoms. The van der Waals surface area contributed by atoms with E-state index in [1.165, 1.54) is 27.1 Å². The number of fused-ring (bicyclic) bond motifs is 3. The van der Waals surface area contributed by atoms with E-state index >= 15 is 0 Å². The molecule has 0 saturated heterocycles. The molecule has 6 rings (SSSR count). The summed E-state index contributed by atoms with van der Waals surface area (Å²) in [6.07, 6.45) is 3.50. The minimum Gasteiger partial charge on any atom is -0.494 e. The Balaban J connectivity index is 1.48. The zero-order valence-electron chi connectivity index (χ0n) is 17.3. The summed E-state index contributed by atoms with van der Waals surface area (Å²) in [6.45, 7) is 2.35. The monoisotopic (exact) mass is 463 g/mol. The van der Waals surface area contributed by atoms with Crippen molar-refractivity contribution in [2.24, 2.45) is 5.92 Å². The van der Waals surface area contributed by atoms with Crippen molar-refractivity contribution in [1.82, 2.24) is 9.97 Å². The van der Waals surface area contributed by atoms with Gasteiger partial charge in [-0.1, -0.05) is 36.5 Å². The number of para-hydroxylation sites is 2. The van der Waals surface area contributed by atoms with Crippen LogP contribution >= 0.6 is 34.0 Å². The van der Waals surface area contributed by atoms with E-state index < -0.39 is 0 Å². The van der Waals surface area contributed by atoms with Crippen LogP contribution in [-0.4, -0.2) is 17.1 Å². The fraction of sp³-hybridized carbons (Fsp3) is 0.250. The number of nitrogens with one attached hydrogen (secondary N) is 1. The largest absolute Gasteiger partial charge is 0.494 e. The Kier molecular flexibility index (Phi) is 4.70. The van der Waals surface area contributed by atoms with Crippen LogP contribution in [0.25, 0.3) is 31.0 Å². The third-order valence-electron chi connectivity index (χ3n) is 5.84. The van der Waals surface area contributed by atoms with Gasteiger partial charge < -0.3 is 10.1 Å². The summed E-state index contributed by atoms with van der Waals surface area (Å²) in [4.78, 5) is 11.3. The van der Waals surface area contributed by atoms with E-state index in [2.05, 4.69) is 42.6 Å². The van der Waals surface area contributed by atoms with Gasteiger partial charge in [-0.2, -0.15) is 0 Å². The molecule has 3 aromatic heterocycles. The molecule has 0 amide bonds. The standard InChI is InChI=1S/C24H21N3OS3/c1-13-10-11-14-19(12-13)30-23(20(14)22-25-15-6-3-4-8-17(15)29-22)27-24-26-21-16(28-2)7-5-9-18(21)31-24/h3-9,13H,10-12H2,1-2H3,(H,26,27). The maximum atomic E-state index is 5.51. The number of aromatic nitrogens is 2. The lowest BCUT2D eigenvalue weighted by molar-refractivity contribution is 0.419. The highest BCUT2D eigenvalue weighted by molar-refractivity contribution is 7.24. The summed E-state index contributed by atoms with van der Waals surface area (Å²) in [5.41, 5.74) is 4.74. The van der Waals surface area contributed by atoms with Crippen LogP contribution in [-0.2, 0) is 12.8 Å². The molecular formula is C24H21N3OS3. The fourth-order valence-corrected chi connectivity index (χ4v) is 7.76. The topological polar surface area (TPSA) is 47.0 Å². The van der Waals surface area contributed by atoms with Gasteiger partial charge in [-0.05, 0) is 55.0 Å². The average Bonchev–Trinajstić information content (AvgIpc) is 3.46. The summed E-state index contributed by atoms with van der Waals surface area (Å²) < 4.78 is 7.86. The summed E-state index contributed by atoms with van der Waals surface area (Å²) in [5.74, 6) is 1.54. The van der Waals surface area contributed by atoms with Gasteiger partial charge in [0.2, 0.25) is 0 Å². The highest BCUT2D eigenvalue weighted by Gasteiger charge is 2.27. The SMILES string of the molecule is COc1cccc2sc(Nc3sc4c(c3-c3nc5ccccc5s3)CCC(C)C4)nc12. The summed E-state index contributed by atoms with van der Waals surface area (Å²) >= 11 is 5.32. The molecule has 1 unspecified atom stereocenters. The van der Waals surface area contributed by atoms with Crippen LogP contribution in [0.4, 0.5) is 10.1 Å². The fourth-order valence-electron chi connectivity index (χ4n) is 4.28. The molecule has 0 aliphatic heterocycles. The first kappa shape index (κ1) is 19.2. The molecular weight excluding hydrogens is 442 g/mol. The molecule has 1 aliphatic rings. The number of anilines is 2. The van der Waals surface area contributed by atoms with Crippen LogP contribution in [0, 0.1) is 5.92 Å². The molecule has 0 saturated carbocycles. The molecule has 0 radical (unpaired) electrons.